The fraction of sp³-hybridized carbons (Fsp3) is 0.600. The first-order valence-corrected chi connectivity index (χ1v) is 6.41. The Kier molecular flexibility index (Phi) is 5.03. The molecule has 0 bridgehead atoms. The Bertz CT molecular complexity index is 331. The van der Waals surface area contributed by atoms with Crippen molar-refractivity contribution in [2.24, 2.45) is 0 Å². The van der Waals surface area contributed by atoms with Crippen molar-refractivity contribution in [1.82, 2.24) is 5.32 Å². The van der Waals surface area contributed by atoms with Crippen molar-refractivity contribution in [3.05, 3.63) is 35.4 Å². The summed E-state index contributed by atoms with van der Waals surface area (Å²) in [4.78, 5) is 0. The van der Waals surface area contributed by atoms with Crippen LogP contribution < -0.4 is 5.32 Å². The number of piperidine rings is 1. The van der Waals surface area contributed by atoms with Crippen molar-refractivity contribution >= 4 is 12.4 Å². The van der Waals surface area contributed by atoms with Gasteiger partial charge >= 0.3 is 0 Å². The number of benzene rings is 1. The van der Waals surface area contributed by atoms with Gasteiger partial charge in [0.05, 0.1) is 0 Å². The molecule has 1 N–H and O–H groups in total. The van der Waals surface area contributed by atoms with Crippen LogP contribution >= 0.6 is 12.4 Å². The third-order valence-corrected chi connectivity index (χ3v) is 3.49. The largest absolute Gasteiger partial charge is 0.310 e. The zero-order valence-electron chi connectivity index (χ0n) is 11.1. The Balaban J connectivity index is 0.00000144. The van der Waals surface area contributed by atoms with E-state index in [1.165, 1.54) is 36.9 Å². The topological polar surface area (TPSA) is 12.0 Å². The highest BCUT2D eigenvalue weighted by Crippen LogP contribution is 2.26. The van der Waals surface area contributed by atoms with Gasteiger partial charge in [0.2, 0.25) is 0 Å². The van der Waals surface area contributed by atoms with Crippen LogP contribution in [-0.2, 0) is 5.41 Å². The second-order valence-electron chi connectivity index (χ2n) is 5.87. The van der Waals surface area contributed by atoms with E-state index in [-0.39, 0.29) is 17.8 Å². The molecular formula is C15H24ClN. The second-order valence-corrected chi connectivity index (χ2v) is 5.87. The molecule has 1 aliphatic rings. The zero-order valence-corrected chi connectivity index (χ0v) is 11.9. The van der Waals surface area contributed by atoms with Crippen molar-refractivity contribution in [1.29, 1.82) is 0 Å². The number of hydrogen-bond acceptors (Lipinski definition) is 1. The Morgan fingerprint density at radius 3 is 2.18 bits per heavy atom. The lowest BCUT2D eigenvalue weighted by Gasteiger charge is -2.25. The molecule has 0 spiro atoms. The molecule has 1 nitrogen and oxygen atoms in total. The van der Waals surface area contributed by atoms with Gasteiger partial charge in [-0.25, -0.2) is 0 Å². The highest BCUT2D eigenvalue weighted by molar-refractivity contribution is 5.85. The summed E-state index contributed by atoms with van der Waals surface area (Å²) in [6.45, 7) is 7.97. The first kappa shape index (κ1) is 14.5. The average molecular weight is 254 g/mol. The minimum atomic E-state index is 0. The Morgan fingerprint density at radius 1 is 1.06 bits per heavy atom. The minimum Gasteiger partial charge on any atom is -0.310 e. The molecule has 2 heteroatoms. The second kappa shape index (κ2) is 5.88. The molecule has 17 heavy (non-hydrogen) atoms. The number of halogens is 1. The quantitative estimate of drug-likeness (QED) is 0.790. The van der Waals surface area contributed by atoms with Gasteiger partial charge in [-0.1, -0.05) is 51.5 Å². The summed E-state index contributed by atoms with van der Waals surface area (Å²) >= 11 is 0. The maximum absolute atomic E-state index is 3.59. The lowest BCUT2D eigenvalue weighted by atomic mass is 9.85. The summed E-state index contributed by atoms with van der Waals surface area (Å²) in [5, 5.41) is 3.59. The first-order chi connectivity index (χ1) is 7.57. The molecule has 0 radical (unpaired) electrons. The number of hydrogen-bond donors (Lipinski definition) is 1. The SMILES string of the molecule is CC(C)(C)c1ccc(C2CCCCN2)cc1.Cl. The molecule has 0 amide bonds. The summed E-state index contributed by atoms with van der Waals surface area (Å²) < 4.78 is 0. The third-order valence-electron chi connectivity index (χ3n) is 3.49. The Morgan fingerprint density at radius 2 is 1.71 bits per heavy atom. The van der Waals surface area contributed by atoms with E-state index in [0.717, 1.165) is 0 Å². The van der Waals surface area contributed by atoms with Crippen molar-refractivity contribution < 1.29 is 0 Å². The van der Waals surface area contributed by atoms with Crippen LogP contribution in [0.5, 0.6) is 0 Å². The van der Waals surface area contributed by atoms with E-state index < -0.39 is 0 Å². The zero-order chi connectivity index (χ0) is 11.6. The van der Waals surface area contributed by atoms with Gasteiger partial charge in [-0.15, -0.1) is 12.4 Å². The van der Waals surface area contributed by atoms with Crippen molar-refractivity contribution in [2.75, 3.05) is 6.54 Å². The van der Waals surface area contributed by atoms with Gasteiger partial charge in [0.15, 0.2) is 0 Å². The fourth-order valence-corrected chi connectivity index (χ4v) is 2.35. The van der Waals surface area contributed by atoms with Crippen LogP contribution in [0.1, 0.15) is 57.2 Å². The standard InChI is InChI=1S/C15H23N.ClH/c1-15(2,3)13-9-7-12(8-10-13)14-6-4-5-11-16-14;/h7-10,14,16H,4-6,11H2,1-3H3;1H. The molecule has 1 saturated heterocycles. The van der Waals surface area contributed by atoms with Crippen molar-refractivity contribution in [3.63, 3.8) is 0 Å². The molecule has 0 saturated carbocycles. The monoisotopic (exact) mass is 253 g/mol. The van der Waals surface area contributed by atoms with Gasteiger partial charge in [-0.05, 0) is 35.9 Å². The van der Waals surface area contributed by atoms with Gasteiger partial charge in [-0.2, -0.15) is 0 Å². The summed E-state index contributed by atoms with van der Waals surface area (Å²) in [5.74, 6) is 0. The molecule has 1 unspecified atom stereocenters. The summed E-state index contributed by atoms with van der Waals surface area (Å²) in [7, 11) is 0. The van der Waals surface area contributed by atoms with Gasteiger partial charge in [0.25, 0.3) is 0 Å². The van der Waals surface area contributed by atoms with E-state index in [1.54, 1.807) is 0 Å². The van der Waals surface area contributed by atoms with Crippen LogP contribution in [0.25, 0.3) is 0 Å². The lowest BCUT2D eigenvalue weighted by Crippen LogP contribution is -2.26. The molecule has 1 aliphatic heterocycles. The van der Waals surface area contributed by atoms with Crippen LogP contribution in [0.3, 0.4) is 0 Å². The molecular weight excluding hydrogens is 230 g/mol. The van der Waals surface area contributed by atoms with Crippen molar-refractivity contribution in [2.45, 2.75) is 51.5 Å². The third kappa shape index (κ3) is 3.72. The van der Waals surface area contributed by atoms with E-state index in [9.17, 15) is 0 Å². The molecule has 2 rings (SSSR count). The first-order valence-electron chi connectivity index (χ1n) is 6.41. The van der Waals surface area contributed by atoms with E-state index in [0.29, 0.717) is 6.04 Å². The highest BCUT2D eigenvalue weighted by atomic mass is 35.5. The molecule has 1 atom stereocenters. The molecule has 1 fully saturated rings. The maximum Gasteiger partial charge on any atom is 0.0320 e. The van der Waals surface area contributed by atoms with Crippen LogP contribution in [0.15, 0.2) is 24.3 Å². The van der Waals surface area contributed by atoms with Gasteiger partial charge < -0.3 is 5.32 Å². The summed E-state index contributed by atoms with van der Waals surface area (Å²) in [6, 6.07) is 9.74. The number of rotatable bonds is 1. The van der Waals surface area contributed by atoms with Crippen molar-refractivity contribution in [3.8, 4) is 0 Å². The minimum absolute atomic E-state index is 0. The number of nitrogens with one attached hydrogen (secondary N) is 1. The van der Waals surface area contributed by atoms with E-state index in [4.69, 9.17) is 0 Å². The molecule has 1 aromatic rings. The predicted molar refractivity (Wildman–Crippen MR) is 77.0 cm³/mol. The average Bonchev–Trinajstić information content (AvgIpc) is 2.29. The summed E-state index contributed by atoms with van der Waals surface area (Å²) in [6.07, 6.45) is 3.98. The smallest absolute Gasteiger partial charge is 0.0320 e. The van der Waals surface area contributed by atoms with Gasteiger partial charge in [-0.3, -0.25) is 0 Å². The molecule has 1 aromatic carbocycles. The molecule has 0 aliphatic carbocycles. The van der Waals surface area contributed by atoms with Crippen LogP contribution in [0, 0.1) is 0 Å². The van der Waals surface area contributed by atoms with Gasteiger partial charge in [0, 0.05) is 6.04 Å². The summed E-state index contributed by atoms with van der Waals surface area (Å²) in [5.41, 5.74) is 3.14. The lowest BCUT2D eigenvalue weighted by molar-refractivity contribution is 0.412. The normalized spacial score (nSPS) is 20.8. The van der Waals surface area contributed by atoms with Crippen LogP contribution in [-0.4, -0.2) is 6.54 Å². The Labute approximate surface area is 111 Å². The molecule has 96 valence electrons. The Hall–Kier alpha value is -0.530. The molecule has 1 heterocycles. The van der Waals surface area contributed by atoms with Crippen LogP contribution in [0.4, 0.5) is 0 Å². The van der Waals surface area contributed by atoms with E-state index in [2.05, 4.69) is 50.4 Å². The fourth-order valence-electron chi connectivity index (χ4n) is 2.35. The van der Waals surface area contributed by atoms with E-state index in [1.807, 2.05) is 0 Å². The molecule has 0 aromatic heterocycles. The van der Waals surface area contributed by atoms with Gasteiger partial charge in [0.1, 0.15) is 0 Å². The maximum atomic E-state index is 3.59. The highest BCUT2D eigenvalue weighted by Gasteiger charge is 2.16. The van der Waals surface area contributed by atoms with E-state index >= 15 is 0 Å². The predicted octanol–water partition coefficient (Wildman–Crippen LogP) is 4.22. The van der Waals surface area contributed by atoms with Crippen LogP contribution in [0.2, 0.25) is 0 Å².